The molecule has 20 heavy (non-hydrogen) atoms. The van der Waals surface area contributed by atoms with Crippen LogP contribution < -0.4 is 5.56 Å². The average molecular weight is 291 g/mol. The van der Waals surface area contributed by atoms with Crippen molar-refractivity contribution in [2.75, 3.05) is 20.6 Å². The second-order valence-corrected chi connectivity index (χ2v) is 6.66. The smallest absolute Gasteiger partial charge is 0.262 e. The quantitative estimate of drug-likeness (QED) is 0.881. The number of para-hydroxylation sites is 1. The Labute approximate surface area is 124 Å². The Balaban J connectivity index is 2.50. The van der Waals surface area contributed by atoms with Crippen LogP contribution in [0, 0.1) is 10.2 Å². The van der Waals surface area contributed by atoms with Crippen molar-refractivity contribution in [3.8, 4) is 0 Å². The predicted octanol–water partition coefficient (Wildman–Crippen LogP) is 2.65. The Morgan fingerprint density at radius 3 is 2.60 bits per heavy atom. The summed E-state index contributed by atoms with van der Waals surface area (Å²) in [5.74, 6) is 0. The van der Waals surface area contributed by atoms with Crippen molar-refractivity contribution >= 4 is 23.1 Å². The summed E-state index contributed by atoms with van der Waals surface area (Å²) in [7, 11) is 4.07. The highest BCUT2D eigenvalue weighted by atomic mass is 32.1. The number of H-pyrrole nitrogens is 1. The second kappa shape index (κ2) is 5.50. The van der Waals surface area contributed by atoms with Gasteiger partial charge in [-0.15, -0.1) is 0 Å². The number of fused-ring (bicyclic) bond motifs is 1. The van der Waals surface area contributed by atoms with E-state index < -0.39 is 0 Å². The Kier molecular flexibility index (Phi) is 4.11. The van der Waals surface area contributed by atoms with E-state index >= 15 is 0 Å². The molecule has 0 unspecified atom stereocenters. The molecule has 1 aromatic carbocycles. The molecule has 1 N–H and O–H groups in total. The highest BCUT2D eigenvalue weighted by Crippen LogP contribution is 2.18. The molecule has 1 heterocycles. The van der Waals surface area contributed by atoms with Crippen LogP contribution in [0.25, 0.3) is 10.9 Å². The fourth-order valence-electron chi connectivity index (χ4n) is 2.68. The second-order valence-electron chi connectivity index (χ2n) is 6.27. The Bertz CT molecular complexity index is 728. The first-order chi connectivity index (χ1) is 9.30. The molecule has 108 valence electrons. The zero-order valence-corrected chi connectivity index (χ0v) is 13.3. The largest absolute Gasteiger partial charge is 0.332 e. The van der Waals surface area contributed by atoms with Gasteiger partial charge < -0.3 is 9.88 Å². The summed E-state index contributed by atoms with van der Waals surface area (Å²) >= 11 is 5.34. The minimum absolute atomic E-state index is 0.0174. The monoisotopic (exact) mass is 291 g/mol. The first-order valence-electron chi connectivity index (χ1n) is 6.67. The van der Waals surface area contributed by atoms with E-state index in [1.54, 1.807) is 4.57 Å². The van der Waals surface area contributed by atoms with Gasteiger partial charge in [0.1, 0.15) is 0 Å². The highest BCUT2D eigenvalue weighted by molar-refractivity contribution is 7.71. The van der Waals surface area contributed by atoms with Gasteiger partial charge in [-0.05, 0) is 43.9 Å². The van der Waals surface area contributed by atoms with E-state index in [0.717, 1.165) is 12.1 Å². The topological polar surface area (TPSA) is 41.0 Å². The summed E-state index contributed by atoms with van der Waals surface area (Å²) in [5, 5.41) is 0.682. The van der Waals surface area contributed by atoms with Gasteiger partial charge in [0, 0.05) is 13.1 Å². The van der Waals surface area contributed by atoms with Crippen molar-refractivity contribution in [2.45, 2.75) is 20.4 Å². The molecule has 0 amide bonds. The van der Waals surface area contributed by atoms with Gasteiger partial charge in [0.15, 0.2) is 4.77 Å². The zero-order chi connectivity index (χ0) is 14.9. The van der Waals surface area contributed by atoms with E-state index in [1.165, 1.54) is 0 Å². The van der Waals surface area contributed by atoms with Crippen LogP contribution in [-0.2, 0) is 6.54 Å². The molecule has 1 aromatic heterocycles. The van der Waals surface area contributed by atoms with E-state index in [0.29, 0.717) is 16.7 Å². The van der Waals surface area contributed by atoms with Crippen LogP contribution in [0.1, 0.15) is 13.8 Å². The Morgan fingerprint density at radius 2 is 1.95 bits per heavy atom. The third-order valence-electron chi connectivity index (χ3n) is 3.22. The number of hydrogen-bond donors (Lipinski definition) is 1. The number of aromatic nitrogens is 2. The third kappa shape index (κ3) is 3.16. The SMILES string of the molecule is CN(C)CC(C)(C)Cn1c(=S)[nH]c2ccccc2c1=O. The normalized spacial score (nSPS) is 12.2. The molecule has 0 aliphatic carbocycles. The van der Waals surface area contributed by atoms with Gasteiger partial charge in [0.25, 0.3) is 5.56 Å². The molecule has 0 saturated carbocycles. The molecule has 0 aliphatic rings. The molecule has 0 aliphatic heterocycles. The van der Waals surface area contributed by atoms with Crippen LogP contribution in [0.5, 0.6) is 0 Å². The van der Waals surface area contributed by atoms with Crippen molar-refractivity contribution in [1.29, 1.82) is 0 Å². The molecule has 0 radical (unpaired) electrons. The van der Waals surface area contributed by atoms with Crippen molar-refractivity contribution in [1.82, 2.24) is 14.5 Å². The molecule has 2 aromatic rings. The van der Waals surface area contributed by atoms with Crippen molar-refractivity contribution < 1.29 is 0 Å². The number of benzene rings is 1. The van der Waals surface area contributed by atoms with Gasteiger partial charge in [-0.2, -0.15) is 0 Å². The van der Waals surface area contributed by atoms with Gasteiger partial charge in [-0.3, -0.25) is 9.36 Å². The van der Waals surface area contributed by atoms with E-state index in [9.17, 15) is 4.79 Å². The molecule has 0 atom stereocenters. The molecule has 2 rings (SSSR count). The Morgan fingerprint density at radius 1 is 1.30 bits per heavy atom. The van der Waals surface area contributed by atoms with Crippen molar-refractivity contribution in [3.05, 3.63) is 39.4 Å². The van der Waals surface area contributed by atoms with Crippen LogP contribution in [0.2, 0.25) is 0 Å². The van der Waals surface area contributed by atoms with Gasteiger partial charge >= 0.3 is 0 Å². The van der Waals surface area contributed by atoms with E-state index in [1.807, 2.05) is 38.4 Å². The lowest BCUT2D eigenvalue weighted by Crippen LogP contribution is -2.36. The lowest BCUT2D eigenvalue weighted by Gasteiger charge is -2.28. The average Bonchev–Trinajstić information content (AvgIpc) is 2.33. The predicted molar refractivity (Wildman–Crippen MR) is 85.7 cm³/mol. The summed E-state index contributed by atoms with van der Waals surface area (Å²) in [6.45, 7) is 5.78. The molecule has 5 heteroatoms. The first-order valence-corrected chi connectivity index (χ1v) is 7.08. The fourth-order valence-corrected chi connectivity index (χ4v) is 2.93. The highest BCUT2D eigenvalue weighted by Gasteiger charge is 2.21. The number of aromatic amines is 1. The van der Waals surface area contributed by atoms with Crippen molar-refractivity contribution in [2.24, 2.45) is 5.41 Å². The maximum Gasteiger partial charge on any atom is 0.262 e. The molecule has 0 spiro atoms. The van der Waals surface area contributed by atoms with Gasteiger partial charge in [-0.1, -0.05) is 26.0 Å². The maximum absolute atomic E-state index is 12.6. The molecule has 4 nitrogen and oxygen atoms in total. The lowest BCUT2D eigenvalue weighted by atomic mass is 9.93. The summed E-state index contributed by atoms with van der Waals surface area (Å²) in [4.78, 5) is 17.8. The van der Waals surface area contributed by atoms with Crippen molar-refractivity contribution in [3.63, 3.8) is 0 Å². The van der Waals surface area contributed by atoms with E-state index in [2.05, 4.69) is 23.7 Å². The van der Waals surface area contributed by atoms with Crippen LogP contribution in [-0.4, -0.2) is 35.1 Å². The minimum atomic E-state index is -0.0306. The number of rotatable bonds is 4. The summed E-state index contributed by atoms with van der Waals surface area (Å²) in [6.07, 6.45) is 0. The number of nitrogens with zero attached hydrogens (tertiary/aromatic N) is 2. The minimum Gasteiger partial charge on any atom is -0.332 e. The molecular weight excluding hydrogens is 270 g/mol. The van der Waals surface area contributed by atoms with Crippen LogP contribution >= 0.6 is 12.2 Å². The summed E-state index contributed by atoms with van der Waals surface area (Å²) in [5.41, 5.74) is 0.748. The fraction of sp³-hybridized carbons (Fsp3) is 0.467. The summed E-state index contributed by atoms with van der Waals surface area (Å²) in [6, 6.07) is 7.48. The number of nitrogens with one attached hydrogen (secondary N) is 1. The molecule has 0 bridgehead atoms. The van der Waals surface area contributed by atoms with Gasteiger partial charge in [-0.25, -0.2) is 0 Å². The Hall–Kier alpha value is -1.46. The van der Waals surface area contributed by atoms with Gasteiger partial charge in [0.2, 0.25) is 0 Å². The lowest BCUT2D eigenvalue weighted by molar-refractivity contribution is 0.208. The third-order valence-corrected chi connectivity index (χ3v) is 3.54. The molecular formula is C15H21N3OS. The van der Waals surface area contributed by atoms with Crippen LogP contribution in [0.3, 0.4) is 0 Å². The summed E-state index contributed by atoms with van der Waals surface area (Å²) < 4.78 is 2.15. The zero-order valence-electron chi connectivity index (χ0n) is 12.4. The molecule has 0 fully saturated rings. The van der Waals surface area contributed by atoms with Crippen LogP contribution in [0.15, 0.2) is 29.1 Å². The first kappa shape index (κ1) is 14.9. The molecule has 0 saturated heterocycles. The van der Waals surface area contributed by atoms with Gasteiger partial charge in [0.05, 0.1) is 10.9 Å². The number of hydrogen-bond acceptors (Lipinski definition) is 3. The van der Waals surface area contributed by atoms with E-state index in [-0.39, 0.29) is 11.0 Å². The van der Waals surface area contributed by atoms with E-state index in [4.69, 9.17) is 12.2 Å². The maximum atomic E-state index is 12.6. The van der Waals surface area contributed by atoms with Crippen LogP contribution in [0.4, 0.5) is 0 Å². The standard InChI is InChI=1S/C15H21N3OS/c1-15(2,9-17(3)4)10-18-13(19)11-7-5-6-8-12(11)16-14(18)20/h5-8H,9-10H2,1-4H3,(H,16,20).